The zero-order valence-corrected chi connectivity index (χ0v) is 35.4. The molecule has 330 valence electrons. The van der Waals surface area contributed by atoms with E-state index in [1.807, 2.05) is 0 Å². The molecule has 57 heavy (non-hydrogen) atoms. The summed E-state index contributed by atoms with van der Waals surface area (Å²) in [6.45, 7) is 13.2. The van der Waals surface area contributed by atoms with Crippen molar-refractivity contribution >= 4 is 0 Å². The summed E-state index contributed by atoms with van der Waals surface area (Å²) < 4.78 is 35.3. The summed E-state index contributed by atoms with van der Waals surface area (Å²) in [7, 11) is 2.81. The van der Waals surface area contributed by atoms with Gasteiger partial charge < -0.3 is 69.3 Å². The topological polar surface area (TPSA) is 217 Å². The fraction of sp³-hybridized carbons (Fsp3) is 0.953. The summed E-state index contributed by atoms with van der Waals surface area (Å²) in [6, 6.07) is 0. The van der Waals surface area contributed by atoms with Crippen LogP contribution in [0.25, 0.3) is 0 Å². The van der Waals surface area contributed by atoms with Gasteiger partial charge in [-0.2, -0.15) is 0 Å². The SMILES string of the molecule is CC[C@@H](CC[C@@H](C)[C@H]1[C@H](O[C@@H]2O[C@@H]([C@H](O)COC)[C@H](O[C@@H]3O[C@@H]([C@H](O)COC)[C@H](O)[C@H]3O)[C@H]2O)CC2=C3[C@@H](O)[C@@H](O)[C@H]4C[C@H](O)CC[C@]4(C)[C@H]3CC[C@@]21C)C(C)C. The molecule has 0 bridgehead atoms. The Morgan fingerprint density at radius 1 is 0.772 bits per heavy atom. The third kappa shape index (κ3) is 8.41. The van der Waals surface area contributed by atoms with Gasteiger partial charge in [-0.25, -0.2) is 0 Å². The van der Waals surface area contributed by atoms with Crippen molar-refractivity contribution in [1.82, 2.24) is 0 Å². The maximum Gasteiger partial charge on any atom is 0.187 e. The van der Waals surface area contributed by atoms with Gasteiger partial charge in [0.15, 0.2) is 12.6 Å². The van der Waals surface area contributed by atoms with Gasteiger partial charge in [0.2, 0.25) is 0 Å². The molecule has 4 aliphatic carbocycles. The quantitative estimate of drug-likeness (QED) is 0.105. The fourth-order valence-corrected chi connectivity index (χ4v) is 12.5. The number of rotatable bonds is 16. The van der Waals surface area contributed by atoms with Crippen LogP contribution in [-0.2, 0) is 28.4 Å². The standard InChI is InChI=1S/C43H74O14/c1-9-22(20(2)3)11-10-21(4)31-29(17-25-30-24(13-15-43(25,31)6)42(5)14-12-23(44)16-26(42)32(47)33(30)48)54-41-36(51)39(38(56-41)28(46)19-53-8)57-40-35(50)34(49)37(55-40)27(45)18-52-7/h20-24,26-29,31-41,44-51H,9-19H2,1-8H3/t21-,22+,23-,24+,26-,27-,28-,29-,31+,32+,33-,34-,35-,36-,37+,38+,39-,40+,41-,42-,43+/m1/s1. The number of methoxy groups -OCH3 is 2. The van der Waals surface area contributed by atoms with Crippen LogP contribution in [-0.4, -0.2) is 154 Å². The van der Waals surface area contributed by atoms with Crippen molar-refractivity contribution in [3.63, 3.8) is 0 Å². The Labute approximate surface area is 338 Å². The number of fused-ring (bicyclic) bond motifs is 4. The molecule has 2 aliphatic heterocycles. The predicted molar refractivity (Wildman–Crippen MR) is 207 cm³/mol. The Morgan fingerprint density at radius 2 is 1.40 bits per heavy atom. The highest BCUT2D eigenvalue weighted by atomic mass is 16.8. The Balaban J connectivity index is 1.32. The summed E-state index contributed by atoms with van der Waals surface area (Å²) in [6.07, 6.45) is -9.36. The molecule has 14 nitrogen and oxygen atoms in total. The first-order chi connectivity index (χ1) is 26.9. The van der Waals surface area contributed by atoms with Crippen LogP contribution in [0.15, 0.2) is 11.1 Å². The van der Waals surface area contributed by atoms with Gasteiger partial charge in [0, 0.05) is 14.2 Å². The van der Waals surface area contributed by atoms with Gasteiger partial charge in [-0.05, 0) is 96.9 Å². The minimum atomic E-state index is -1.58. The lowest BCUT2D eigenvalue weighted by Crippen LogP contribution is -2.58. The summed E-state index contributed by atoms with van der Waals surface area (Å²) in [5.74, 6) is 1.09. The van der Waals surface area contributed by atoms with E-state index in [0.29, 0.717) is 31.1 Å². The molecule has 0 spiro atoms. The smallest absolute Gasteiger partial charge is 0.187 e. The summed E-state index contributed by atoms with van der Waals surface area (Å²) in [4.78, 5) is 0. The van der Waals surface area contributed by atoms with Crippen molar-refractivity contribution in [2.24, 2.45) is 46.3 Å². The van der Waals surface area contributed by atoms with Crippen molar-refractivity contribution in [1.29, 1.82) is 0 Å². The molecular formula is C43H74O14. The normalized spacial score (nSPS) is 46.8. The monoisotopic (exact) mass is 815 g/mol. The second-order valence-electron chi connectivity index (χ2n) is 19.3. The Bertz CT molecular complexity index is 1360. The van der Waals surface area contributed by atoms with E-state index >= 15 is 0 Å². The van der Waals surface area contributed by atoms with Crippen LogP contribution in [0.5, 0.6) is 0 Å². The number of hydrogen-bond acceptors (Lipinski definition) is 14. The van der Waals surface area contributed by atoms with Crippen LogP contribution in [0, 0.1) is 46.3 Å². The van der Waals surface area contributed by atoms with E-state index in [0.717, 1.165) is 49.7 Å². The van der Waals surface area contributed by atoms with E-state index in [2.05, 4.69) is 41.5 Å². The lowest BCUT2D eigenvalue weighted by Gasteiger charge is -2.59. The molecular weight excluding hydrogens is 740 g/mol. The minimum Gasteiger partial charge on any atom is -0.393 e. The first kappa shape index (κ1) is 45.7. The number of aliphatic hydroxyl groups excluding tert-OH is 8. The van der Waals surface area contributed by atoms with E-state index in [4.69, 9.17) is 28.4 Å². The maximum atomic E-state index is 12.0. The van der Waals surface area contributed by atoms with Crippen molar-refractivity contribution < 1.29 is 69.3 Å². The number of ether oxygens (including phenoxy) is 6. The molecule has 2 saturated heterocycles. The third-order valence-corrected chi connectivity index (χ3v) is 15.7. The van der Waals surface area contributed by atoms with Gasteiger partial charge in [0.25, 0.3) is 0 Å². The van der Waals surface area contributed by atoms with Crippen LogP contribution in [0.3, 0.4) is 0 Å². The second-order valence-corrected chi connectivity index (χ2v) is 19.3. The molecule has 21 atom stereocenters. The van der Waals surface area contributed by atoms with Gasteiger partial charge in [-0.15, -0.1) is 0 Å². The van der Waals surface area contributed by atoms with E-state index in [1.54, 1.807) is 0 Å². The van der Waals surface area contributed by atoms with E-state index in [1.165, 1.54) is 14.2 Å². The maximum absolute atomic E-state index is 12.0. The summed E-state index contributed by atoms with van der Waals surface area (Å²) in [5.41, 5.74) is 1.38. The molecule has 0 aromatic carbocycles. The largest absolute Gasteiger partial charge is 0.393 e. The molecule has 0 amide bonds. The fourth-order valence-electron chi connectivity index (χ4n) is 12.5. The van der Waals surface area contributed by atoms with Gasteiger partial charge in [-0.3, -0.25) is 0 Å². The molecule has 0 unspecified atom stereocenters. The number of aliphatic hydroxyl groups is 8. The molecule has 2 heterocycles. The molecule has 6 rings (SSSR count). The molecule has 0 aromatic rings. The van der Waals surface area contributed by atoms with Crippen LogP contribution in [0.1, 0.15) is 99.3 Å². The van der Waals surface area contributed by atoms with Crippen molar-refractivity contribution in [2.45, 2.75) is 185 Å². The third-order valence-electron chi connectivity index (χ3n) is 15.7. The molecule has 6 aliphatic rings. The van der Waals surface area contributed by atoms with Gasteiger partial charge >= 0.3 is 0 Å². The van der Waals surface area contributed by atoms with Crippen molar-refractivity contribution in [2.75, 3.05) is 27.4 Å². The Kier molecular flexibility index (Phi) is 14.6. The number of hydrogen-bond donors (Lipinski definition) is 8. The van der Waals surface area contributed by atoms with Crippen molar-refractivity contribution in [3.05, 3.63) is 11.1 Å². The molecule has 0 radical (unpaired) electrons. The van der Waals surface area contributed by atoms with Crippen LogP contribution in [0.2, 0.25) is 0 Å². The molecule has 14 heteroatoms. The lowest BCUT2D eigenvalue weighted by molar-refractivity contribution is -0.226. The summed E-state index contributed by atoms with van der Waals surface area (Å²) in [5, 5.41) is 89.5. The van der Waals surface area contributed by atoms with Crippen LogP contribution < -0.4 is 0 Å². The first-order valence-electron chi connectivity index (χ1n) is 21.7. The van der Waals surface area contributed by atoms with Crippen LogP contribution in [0.4, 0.5) is 0 Å². The van der Waals surface area contributed by atoms with E-state index in [9.17, 15) is 40.9 Å². The van der Waals surface area contributed by atoms with Crippen LogP contribution >= 0.6 is 0 Å². The van der Waals surface area contributed by atoms with Gasteiger partial charge in [0.1, 0.15) is 54.9 Å². The molecule has 5 fully saturated rings. The lowest BCUT2D eigenvalue weighted by atomic mass is 9.47. The van der Waals surface area contributed by atoms with Crippen molar-refractivity contribution in [3.8, 4) is 0 Å². The van der Waals surface area contributed by atoms with E-state index in [-0.39, 0.29) is 47.7 Å². The minimum absolute atomic E-state index is 0.0371. The second kappa shape index (κ2) is 18.3. The average molecular weight is 815 g/mol. The molecule has 3 saturated carbocycles. The zero-order valence-electron chi connectivity index (χ0n) is 35.4. The Morgan fingerprint density at radius 3 is 2.04 bits per heavy atom. The molecule has 0 aromatic heterocycles. The van der Waals surface area contributed by atoms with Gasteiger partial charge in [-0.1, -0.05) is 60.0 Å². The Hall–Kier alpha value is -0.820. The van der Waals surface area contributed by atoms with E-state index < -0.39 is 85.8 Å². The highest BCUT2D eigenvalue weighted by Gasteiger charge is 2.63. The first-order valence-corrected chi connectivity index (χ1v) is 21.7. The highest BCUT2D eigenvalue weighted by Crippen LogP contribution is 2.66. The average Bonchev–Trinajstić information content (AvgIpc) is 3.75. The highest BCUT2D eigenvalue weighted by molar-refractivity contribution is 5.39. The summed E-state index contributed by atoms with van der Waals surface area (Å²) >= 11 is 0. The predicted octanol–water partition coefficient (Wildman–Crippen LogP) is 2.04. The zero-order chi connectivity index (χ0) is 41.7. The van der Waals surface area contributed by atoms with Gasteiger partial charge in [0.05, 0.1) is 31.5 Å². The molecule has 8 N–H and O–H groups in total.